The monoisotopic (exact) mass is 308 g/mol. The van der Waals surface area contributed by atoms with Crippen LogP contribution in [0.2, 0.25) is 0 Å². The predicted molar refractivity (Wildman–Crippen MR) is 102 cm³/mol. The number of rotatable bonds is 1. The quantitative estimate of drug-likeness (QED) is 0.332. The smallest absolute Gasteiger partial charge is 0.127 e. The first-order chi connectivity index (χ1) is 11.9. The molecular weight excluding hydrogens is 292 g/mol. The summed E-state index contributed by atoms with van der Waals surface area (Å²) in [5.74, 6) is 0.922. The highest BCUT2D eigenvalue weighted by Gasteiger charge is 2.17. The normalized spacial score (nSPS) is 11.5. The third kappa shape index (κ3) is 1.75. The Morgan fingerprint density at radius 3 is 2.21 bits per heavy atom. The molecule has 1 nitrogen and oxygen atoms in total. The molecule has 2 aliphatic rings. The summed E-state index contributed by atoms with van der Waals surface area (Å²) >= 11 is 0. The molecule has 0 fully saturated rings. The Balaban J connectivity index is 2.12. The van der Waals surface area contributed by atoms with Gasteiger partial charge >= 0.3 is 0 Å². The van der Waals surface area contributed by atoms with Crippen LogP contribution in [-0.2, 0) is 0 Å². The zero-order chi connectivity index (χ0) is 16.1. The highest BCUT2D eigenvalue weighted by molar-refractivity contribution is 6.26. The topological polar surface area (TPSA) is 9.23 Å². The summed E-state index contributed by atoms with van der Waals surface area (Å²) in [6.45, 7) is 0. The van der Waals surface area contributed by atoms with Gasteiger partial charge in [-0.15, -0.1) is 0 Å². The number of methoxy groups -OCH3 is 1. The van der Waals surface area contributed by atoms with Crippen LogP contribution in [0.25, 0.3) is 43.4 Å². The molecule has 0 radical (unpaired) electrons. The Morgan fingerprint density at radius 2 is 1.33 bits per heavy atom. The van der Waals surface area contributed by atoms with Crippen molar-refractivity contribution in [3.63, 3.8) is 0 Å². The van der Waals surface area contributed by atoms with Crippen LogP contribution in [0.3, 0.4) is 0 Å². The zero-order valence-corrected chi connectivity index (χ0v) is 13.4. The molecule has 2 aliphatic carbocycles. The SMILES string of the molecule is COc1ccccc2cc3ccc4ccc5ccccc5c4c3c1-2. The van der Waals surface area contributed by atoms with Crippen molar-refractivity contribution in [2.75, 3.05) is 7.11 Å². The van der Waals surface area contributed by atoms with Crippen molar-refractivity contribution in [1.82, 2.24) is 0 Å². The summed E-state index contributed by atoms with van der Waals surface area (Å²) in [5, 5.41) is 7.69. The van der Waals surface area contributed by atoms with Crippen molar-refractivity contribution in [1.29, 1.82) is 0 Å². The molecule has 0 aliphatic heterocycles. The Labute approximate surface area is 140 Å². The molecule has 1 heteroatoms. The molecule has 3 aromatic rings. The van der Waals surface area contributed by atoms with Gasteiger partial charge in [0.1, 0.15) is 5.75 Å². The van der Waals surface area contributed by atoms with E-state index in [0.29, 0.717) is 0 Å². The zero-order valence-electron chi connectivity index (χ0n) is 13.4. The van der Waals surface area contributed by atoms with Crippen LogP contribution >= 0.6 is 0 Å². The largest absolute Gasteiger partial charge is 0.496 e. The average Bonchev–Trinajstić information content (AvgIpc) is 2.88. The van der Waals surface area contributed by atoms with Crippen LogP contribution in [0.15, 0.2) is 78.9 Å². The molecule has 0 saturated carbocycles. The minimum atomic E-state index is 0.922. The number of hydrogen-bond acceptors (Lipinski definition) is 1. The molecule has 0 atom stereocenters. The first-order valence-corrected chi connectivity index (χ1v) is 8.17. The summed E-state index contributed by atoms with van der Waals surface area (Å²) in [5.41, 5.74) is 2.41. The molecule has 0 unspecified atom stereocenters. The van der Waals surface area contributed by atoms with Gasteiger partial charge in [-0.2, -0.15) is 0 Å². The molecule has 0 aromatic heterocycles. The summed E-state index contributed by atoms with van der Waals surface area (Å²) in [6.07, 6.45) is 0. The number of fused-ring (bicyclic) bond motifs is 7. The maximum absolute atomic E-state index is 5.71. The summed E-state index contributed by atoms with van der Waals surface area (Å²) in [4.78, 5) is 0. The van der Waals surface area contributed by atoms with Crippen molar-refractivity contribution < 1.29 is 4.74 Å². The van der Waals surface area contributed by atoms with Crippen LogP contribution in [0.1, 0.15) is 0 Å². The van der Waals surface area contributed by atoms with E-state index in [9.17, 15) is 0 Å². The highest BCUT2D eigenvalue weighted by atomic mass is 16.5. The second-order valence-electron chi connectivity index (χ2n) is 6.18. The maximum atomic E-state index is 5.71. The lowest BCUT2D eigenvalue weighted by Gasteiger charge is -2.09. The second kappa shape index (κ2) is 4.97. The second-order valence-corrected chi connectivity index (χ2v) is 6.18. The van der Waals surface area contributed by atoms with Gasteiger partial charge in [0.15, 0.2) is 0 Å². The molecule has 0 amide bonds. The van der Waals surface area contributed by atoms with Crippen LogP contribution in [0.4, 0.5) is 0 Å². The van der Waals surface area contributed by atoms with Gasteiger partial charge in [-0.3, -0.25) is 0 Å². The van der Waals surface area contributed by atoms with E-state index in [0.717, 1.165) is 5.75 Å². The fraction of sp³-hybridized carbons (Fsp3) is 0.0435. The van der Waals surface area contributed by atoms with Crippen LogP contribution < -0.4 is 4.74 Å². The molecule has 0 saturated heterocycles. The lowest BCUT2D eigenvalue weighted by Crippen LogP contribution is -1.85. The van der Waals surface area contributed by atoms with Gasteiger partial charge in [0, 0.05) is 10.9 Å². The van der Waals surface area contributed by atoms with Gasteiger partial charge in [0.25, 0.3) is 0 Å². The molecule has 0 N–H and O–H groups in total. The van der Waals surface area contributed by atoms with E-state index in [-0.39, 0.29) is 0 Å². The fourth-order valence-corrected chi connectivity index (χ4v) is 3.84. The van der Waals surface area contributed by atoms with Crippen LogP contribution in [0.5, 0.6) is 5.75 Å². The number of hydrogen-bond donors (Lipinski definition) is 0. The van der Waals surface area contributed by atoms with Gasteiger partial charge in [-0.05, 0) is 44.6 Å². The Hall–Kier alpha value is -3.06. The van der Waals surface area contributed by atoms with Gasteiger partial charge in [-0.25, -0.2) is 0 Å². The Bertz CT molecular complexity index is 1190. The van der Waals surface area contributed by atoms with E-state index >= 15 is 0 Å². The molecule has 0 spiro atoms. The Morgan fingerprint density at radius 1 is 0.625 bits per heavy atom. The van der Waals surface area contributed by atoms with Crippen molar-refractivity contribution in [2.24, 2.45) is 0 Å². The van der Waals surface area contributed by atoms with E-state index < -0.39 is 0 Å². The fourth-order valence-electron chi connectivity index (χ4n) is 3.84. The number of ether oxygens (including phenoxy) is 1. The summed E-state index contributed by atoms with van der Waals surface area (Å²) < 4.78 is 5.71. The summed E-state index contributed by atoms with van der Waals surface area (Å²) in [7, 11) is 1.75. The lowest BCUT2D eigenvalue weighted by molar-refractivity contribution is 0.417. The molecule has 24 heavy (non-hydrogen) atoms. The average molecular weight is 308 g/mol. The van der Waals surface area contributed by atoms with E-state index in [4.69, 9.17) is 4.74 Å². The molecule has 3 aromatic carbocycles. The van der Waals surface area contributed by atoms with Crippen molar-refractivity contribution >= 4 is 32.3 Å². The van der Waals surface area contributed by atoms with E-state index in [2.05, 4.69) is 66.7 Å². The molecule has 5 rings (SSSR count). The molecular formula is C23H16O. The van der Waals surface area contributed by atoms with E-state index in [1.165, 1.54) is 43.4 Å². The third-order valence-electron chi connectivity index (χ3n) is 4.89. The van der Waals surface area contributed by atoms with Crippen LogP contribution in [-0.4, -0.2) is 7.11 Å². The standard InChI is InChI=1S/C23H16O/c1-24-20-9-5-3-7-17-14-18-13-12-16-11-10-15-6-2-4-8-19(15)21(16)23(18)22(17)20/h2-14H,1H3. The van der Waals surface area contributed by atoms with Gasteiger partial charge in [0.2, 0.25) is 0 Å². The van der Waals surface area contributed by atoms with E-state index in [1.807, 2.05) is 12.1 Å². The third-order valence-corrected chi connectivity index (χ3v) is 4.89. The first kappa shape index (κ1) is 13.4. The van der Waals surface area contributed by atoms with Gasteiger partial charge in [-0.1, -0.05) is 66.7 Å². The van der Waals surface area contributed by atoms with E-state index in [1.54, 1.807) is 7.11 Å². The van der Waals surface area contributed by atoms with Gasteiger partial charge < -0.3 is 4.74 Å². The van der Waals surface area contributed by atoms with Crippen molar-refractivity contribution in [3.8, 4) is 16.9 Å². The highest BCUT2D eigenvalue weighted by Crippen LogP contribution is 2.44. The maximum Gasteiger partial charge on any atom is 0.127 e. The molecule has 0 bridgehead atoms. The minimum Gasteiger partial charge on any atom is -0.496 e. The van der Waals surface area contributed by atoms with Crippen molar-refractivity contribution in [3.05, 3.63) is 78.9 Å². The van der Waals surface area contributed by atoms with Crippen LogP contribution in [0, 0.1) is 0 Å². The van der Waals surface area contributed by atoms with Gasteiger partial charge in [0.05, 0.1) is 7.11 Å². The molecule has 114 valence electrons. The predicted octanol–water partition coefficient (Wildman–Crippen LogP) is 6.26. The Kier molecular flexibility index (Phi) is 2.77. The van der Waals surface area contributed by atoms with Crippen molar-refractivity contribution in [2.45, 2.75) is 0 Å². The lowest BCUT2D eigenvalue weighted by atomic mass is 9.96. The molecule has 0 heterocycles. The number of benzene rings is 3. The minimum absolute atomic E-state index is 0.922. The summed E-state index contributed by atoms with van der Waals surface area (Å²) in [6, 6.07) is 28.0. The first-order valence-electron chi connectivity index (χ1n) is 8.17.